The highest BCUT2D eigenvalue weighted by Gasteiger charge is 2.32. The van der Waals surface area contributed by atoms with Crippen molar-refractivity contribution < 1.29 is 14.2 Å². The van der Waals surface area contributed by atoms with E-state index in [1.54, 1.807) is 0 Å². The molecule has 0 aliphatic heterocycles. The molecular formula is C24H26O3. The largest absolute Gasteiger partial charge is 0.493 e. The number of ether oxygens (including phenoxy) is 3. The van der Waals surface area contributed by atoms with E-state index in [-0.39, 0.29) is 5.41 Å². The summed E-state index contributed by atoms with van der Waals surface area (Å²) in [6.07, 6.45) is 0.875. The van der Waals surface area contributed by atoms with Gasteiger partial charge in [0.15, 0.2) is 0 Å². The van der Waals surface area contributed by atoms with Crippen molar-refractivity contribution in [3.8, 4) is 17.2 Å². The first-order chi connectivity index (χ1) is 13.3. The molecule has 0 aliphatic carbocycles. The van der Waals surface area contributed by atoms with Crippen molar-refractivity contribution in [3.05, 3.63) is 91.0 Å². The first-order valence-corrected chi connectivity index (χ1v) is 9.33. The van der Waals surface area contributed by atoms with Gasteiger partial charge in [-0.2, -0.15) is 0 Å². The highest BCUT2D eigenvalue weighted by molar-refractivity contribution is 5.23. The summed E-state index contributed by atoms with van der Waals surface area (Å²) >= 11 is 0. The molecule has 0 aromatic heterocycles. The SMILES string of the molecule is CCC(COc1ccccc1)(COc1ccccc1)COc1ccccc1. The zero-order valence-electron chi connectivity index (χ0n) is 15.7. The summed E-state index contributed by atoms with van der Waals surface area (Å²) in [4.78, 5) is 0. The maximum atomic E-state index is 6.08. The maximum absolute atomic E-state index is 6.08. The van der Waals surface area contributed by atoms with Crippen LogP contribution in [0.2, 0.25) is 0 Å². The molecular weight excluding hydrogens is 336 g/mol. The van der Waals surface area contributed by atoms with Gasteiger partial charge in [0.25, 0.3) is 0 Å². The third-order valence-corrected chi connectivity index (χ3v) is 4.61. The topological polar surface area (TPSA) is 27.7 Å². The highest BCUT2D eigenvalue weighted by Crippen LogP contribution is 2.27. The molecule has 0 N–H and O–H groups in total. The summed E-state index contributed by atoms with van der Waals surface area (Å²) in [7, 11) is 0. The van der Waals surface area contributed by atoms with Gasteiger partial charge in [-0.15, -0.1) is 0 Å². The molecule has 0 heterocycles. The lowest BCUT2D eigenvalue weighted by molar-refractivity contribution is 0.0293. The molecule has 0 aliphatic rings. The molecule has 3 rings (SSSR count). The second-order valence-electron chi connectivity index (χ2n) is 6.66. The highest BCUT2D eigenvalue weighted by atomic mass is 16.5. The Morgan fingerprint density at radius 3 is 1.07 bits per heavy atom. The van der Waals surface area contributed by atoms with Crippen LogP contribution in [0.4, 0.5) is 0 Å². The zero-order valence-corrected chi connectivity index (χ0v) is 15.7. The summed E-state index contributed by atoms with van der Waals surface area (Å²) in [5.74, 6) is 2.57. The summed E-state index contributed by atoms with van der Waals surface area (Å²) in [5.41, 5.74) is -0.262. The van der Waals surface area contributed by atoms with Crippen molar-refractivity contribution in [1.29, 1.82) is 0 Å². The van der Waals surface area contributed by atoms with E-state index >= 15 is 0 Å². The van der Waals surface area contributed by atoms with Gasteiger partial charge < -0.3 is 14.2 Å². The normalized spacial score (nSPS) is 11.0. The van der Waals surface area contributed by atoms with E-state index in [0.717, 1.165) is 23.7 Å². The Balaban J connectivity index is 1.70. The zero-order chi connectivity index (χ0) is 18.8. The van der Waals surface area contributed by atoms with Gasteiger partial charge in [-0.1, -0.05) is 61.5 Å². The summed E-state index contributed by atoms with van der Waals surface area (Å²) in [5, 5.41) is 0. The average Bonchev–Trinajstić information content (AvgIpc) is 2.76. The molecule has 3 aromatic rings. The molecule has 0 saturated carbocycles. The molecule has 27 heavy (non-hydrogen) atoms. The molecule has 3 nitrogen and oxygen atoms in total. The van der Waals surface area contributed by atoms with E-state index in [0.29, 0.717) is 19.8 Å². The van der Waals surface area contributed by atoms with E-state index in [1.807, 2.05) is 91.0 Å². The molecule has 0 saturated heterocycles. The lowest BCUT2D eigenvalue weighted by atomic mass is 9.88. The second kappa shape index (κ2) is 9.67. The predicted molar refractivity (Wildman–Crippen MR) is 109 cm³/mol. The van der Waals surface area contributed by atoms with Gasteiger partial charge >= 0.3 is 0 Å². The third kappa shape index (κ3) is 5.78. The number of hydrogen-bond donors (Lipinski definition) is 0. The van der Waals surface area contributed by atoms with E-state index in [4.69, 9.17) is 14.2 Å². The van der Waals surface area contributed by atoms with E-state index in [9.17, 15) is 0 Å². The fourth-order valence-corrected chi connectivity index (χ4v) is 2.69. The Kier molecular flexibility index (Phi) is 6.75. The molecule has 0 unspecified atom stereocenters. The molecule has 140 valence electrons. The Hall–Kier alpha value is -2.94. The lowest BCUT2D eigenvalue weighted by Crippen LogP contribution is -2.40. The van der Waals surface area contributed by atoms with E-state index in [1.165, 1.54) is 0 Å². The van der Waals surface area contributed by atoms with Crippen LogP contribution in [0.1, 0.15) is 13.3 Å². The van der Waals surface area contributed by atoms with Crippen molar-refractivity contribution in [2.45, 2.75) is 13.3 Å². The van der Waals surface area contributed by atoms with Gasteiger partial charge in [0, 0.05) is 0 Å². The van der Waals surface area contributed by atoms with Gasteiger partial charge in [-0.25, -0.2) is 0 Å². The number of rotatable bonds is 10. The minimum atomic E-state index is -0.262. The Bertz CT molecular complexity index is 666. The van der Waals surface area contributed by atoms with Crippen LogP contribution in [0, 0.1) is 5.41 Å². The van der Waals surface area contributed by atoms with E-state index in [2.05, 4.69) is 6.92 Å². The Labute approximate surface area is 161 Å². The smallest absolute Gasteiger partial charge is 0.119 e. The van der Waals surface area contributed by atoms with Crippen LogP contribution < -0.4 is 14.2 Å². The van der Waals surface area contributed by atoms with Crippen LogP contribution in [0.15, 0.2) is 91.0 Å². The summed E-state index contributed by atoms with van der Waals surface area (Å²) < 4.78 is 18.2. The first kappa shape index (κ1) is 18.8. The van der Waals surface area contributed by atoms with Crippen LogP contribution in [0.3, 0.4) is 0 Å². The minimum Gasteiger partial charge on any atom is -0.493 e. The van der Waals surface area contributed by atoms with Crippen LogP contribution in [-0.2, 0) is 0 Å². The fraction of sp³-hybridized carbons (Fsp3) is 0.250. The standard InChI is InChI=1S/C24H26O3/c1-2-24(18-25-21-12-6-3-7-13-21,19-26-22-14-8-4-9-15-22)20-27-23-16-10-5-11-17-23/h3-17H,2,18-20H2,1H3. The monoisotopic (exact) mass is 362 g/mol. The van der Waals surface area contributed by atoms with Gasteiger partial charge in [0.2, 0.25) is 0 Å². The van der Waals surface area contributed by atoms with Gasteiger partial charge in [0.05, 0.1) is 5.41 Å². The van der Waals surface area contributed by atoms with Crippen LogP contribution >= 0.6 is 0 Å². The molecule has 0 radical (unpaired) electrons. The Morgan fingerprint density at radius 2 is 0.815 bits per heavy atom. The van der Waals surface area contributed by atoms with Crippen molar-refractivity contribution in [2.75, 3.05) is 19.8 Å². The molecule has 3 heteroatoms. The number of benzene rings is 3. The third-order valence-electron chi connectivity index (χ3n) is 4.61. The van der Waals surface area contributed by atoms with Crippen molar-refractivity contribution in [2.24, 2.45) is 5.41 Å². The molecule has 0 fully saturated rings. The van der Waals surface area contributed by atoms with Crippen molar-refractivity contribution >= 4 is 0 Å². The minimum absolute atomic E-state index is 0.262. The average molecular weight is 362 g/mol. The van der Waals surface area contributed by atoms with Crippen molar-refractivity contribution in [1.82, 2.24) is 0 Å². The molecule has 3 aromatic carbocycles. The summed E-state index contributed by atoms with van der Waals surface area (Å²) in [6.45, 7) is 3.71. The van der Waals surface area contributed by atoms with Crippen LogP contribution in [0.5, 0.6) is 17.2 Å². The van der Waals surface area contributed by atoms with Crippen molar-refractivity contribution in [3.63, 3.8) is 0 Å². The van der Waals surface area contributed by atoms with E-state index < -0.39 is 0 Å². The number of hydrogen-bond acceptors (Lipinski definition) is 3. The van der Waals surface area contributed by atoms with Crippen LogP contribution in [0.25, 0.3) is 0 Å². The van der Waals surface area contributed by atoms with Gasteiger partial charge in [0.1, 0.15) is 37.1 Å². The Morgan fingerprint density at radius 1 is 0.519 bits per heavy atom. The number of para-hydroxylation sites is 3. The fourth-order valence-electron chi connectivity index (χ4n) is 2.69. The maximum Gasteiger partial charge on any atom is 0.119 e. The predicted octanol–water partition coefficient (Wildman–Crippen LogP) is 5.62. The van der Waals surface area contributed by atoms with Gasteiger partial charge in [-0.3, -0.25) is 0 Å². The molecule has 0 spiro atoms. The van der Waals surface area contributed by atoms with Crippen LogP contribution in [-0.4, -0.2) is 19.8 Å². The first-order valence-electron chi connectivity index (χ1n) is 9.33. The molecule has 0 amide bonds. The van der Waals surface area contributed by atoms with Gasteiger partial charge in [-0.05, 0) is 42.8 Å². The summed E-state index contributed by atoms with van der Waals surface area (Å²) in [6, 6.07) is 29.6. The second-order valence-corrected chi connectivity index (χ2v) is 6.66. The lowest BCUT2D eigenvalue weighted by Gasteiger charge is -2.32. The molecule has 0 bridgehead atoms. The molecule has 0 atom stereocenters. The quantitative estimate of drug-likeness (QED) is 0.468.